The number of para-hydroxylation sites is 3. The number of amides is 1. The number of rotatable bonds is 10. The number of carboxylic acids is 1. The molecule has 1 amide bonds. The number of benzene rings is 2. The number of nitro benzene ring substituents is 1. The smallest absolute Gasteiger partial charge is 0.344 e. The fourth-order valence-electron chi connectivity index (χ4n) is 2.23. The molecule has 0 aromatic heterocycles. The minimum absolute atomic E-state index is 0.0484. The normalized spacial score (nSPS) is 11.5. The highest BCUT2D eigenvalue weighted by molar-refractivity contribution is 5.87. The van der Waals surface area contributed by atoms with Crippen LogP contribution in [0.2, 0.25) is 0 Å². The molecule has 0 unspecified atom stereocenters. The molecule has 2 aromatic rings. The Morgan fingerprint density at radius 2 is 1.93 bits per heavy atom. The molecule has 0 heterocycles. The molecule has 2 N–H and O–H groups in total. The largest absolute Gasteiger partial charge is 0.493 e. The summed E-state index contributed by atoms with van der Waals surface area (Å²) >= 11 is 0. The maximum atomic E-state index is 11.9. The molecule has 158 valence electrons. The van der Waals surface area contributed by atoms with E-state index >= 15 is 0 Å². The van der Waals surface area contributed by atoms with Gasteiger partial charge in [0.15, 0.2) is 30.0 Å². The molecule has 0 radical (unpaired) electrons. The van der Waals surface area contributed by atoms with Crippen molar-refractivity contribution in [3.05, 3.63) is 58.1 Å². The Hall–Kier alpha value is -4.15. The summed E-state index contributed by atoms with van der Waals surface area (Å²) < 4.78 is 15.7. The van der Waals surface area contributed by atoms with Crippen LogP contribution in [0.3, 0.4) is 0 Å². The van der Waals surface area contributed by atoms with E-state index in [0.29, 0.717) is 5.56 Å². The highest BCUT2D eigenvalue weighted by atomic mass is 16.6. The summed E-state index contributed by atoms with van der Waals surface area (Å²) in [6.45, 7) is 0.858. The van der Waals surface area contributed by atoms with Crippen molar-refractivity contribution in [2.24, 2.45) is 5.10 Å². The molecule has 30 heavy (non-hydrogen) atoms. The number of aliphatic carboxylic acids is 1. The van der Waals surface area contributed by atoms with E-state index in [0.717, 1.165) is 0 Å². The lowest BCUT2D eigenvalue weighted by atomic mass is 10.2. The van der Waals surface area contributed by atoms with Crippen LogP contribution in [0.1, 0.15) is 12.5 Å². The van der Waals surface area contributed by atoms with Crippen molar-refractivity contribution < 1.29 is 33.8 Å². The number of nitrogens with one attached hydrogen (secondary N) is 1. The van der Waals surface area contributed by atoms with Crippen LogP contribution >= 0.6 is 0 Å². The lowest BCUT2D eigenvalue weighted by Crippen LogP contribution is -2.25. The molecule has 0 bridgehead atoms. The first-order chi connectivity index (χ1) is 14.3. The first-order valence-electron chi connectivity index (χ1n) is 8.58. The minimum Gasteiger partial charge on any atom is -0.493 e. The van der Waals surface area contributed by atoms with Crippen molar-refractivity contribution in [1.82, 2.24) is 5.43 Å². The van der Waals surface area contributed by atoms with Crippen LogP contribution < -0.4 is 19.6 Å². The molecule has 0 aliphatic heterocycles. The Bertz CT molecular complexity index is 961. The van der Waals surface area contributed by atoms with Gasteiger partial charge < -0.3 is 19.3 Å². The predicted octanol–water partition coefficient (Wildman–Crippen LogP) is 1.98. The van der Waals surface area contributed by atoms with Crippen LogP contribution in [0.15, 0.2) is 47.6 Å². The van der Waals surface area contributed by atoms with Crippen molar-refractivity contribution in [3.8, 4) is 17.2 Å². The minimum atomic E-state index is -1.16. The summed E-state index contributed by atoms with van der Waals surface area (Å²) in [5, 5.41) is 23.8. The van der Waals surface area contributed by atoms with E-state index in [2.05, 4.69) is 10.5 Å². The molecule has 0 aliphatic rings. The molecule has 11 nitrogen and oxygen atoms in total. The van der Waals surface area contributed by atoms with Crippen molar-refractivity contribution in [1.29, 1.82) is 0 Å². The van der Waals surface area contributed by atoms with E-state index in [1.165, 1.54) is 38.4 Å². The average molecular weight is 417 g/mol. The van der Waals surface area contributed by atoms with Gasteiger partial charge in [-0.15, -0.1) is 0 Å². The lowest BCUT2D eigenvalue weighted by Gasteiger charge is -2.15. The van der Waals surface area contributed by atoms with E-state index in [9.17, 15) is 19.7 Å². The standard InChI is InChI=1S/C19H19N3O8/c1-12(19(24)25)30-18-13(6-5-9-16(18)28-2)10-20-21-17(23)11-29-15-8-4-3-7-14(15)22(26)27/h3-10,12H,11H2,1-2H3,(H,21,23)(H,24,25)/b20-10+/t12-/m0/s1. The van der Waals surface area contributed by atoms with Crippen LogP contribution in [0.5, 0.6) is 17.2 Å². The van der Waals surface area contributed by atoms with Crippen LogP contribution in [0, 0.1) is 10.1 Å². The van der Waals surface area contributed by atoms with Gasteiger partial charge in [0.2, 0.25) is 0 Å². The van der Waals surface area contributed by atoms with Crippen LogP contribution in [-0.2, 0) is 9.59 Å². The zero-order valence-corrected chi connectivity index (χ0v) is 16.1. The molecule has 2 rings (SSSR count). The van der Waals surface area contributed by atoms with Gasteiger partial charge in [0.1, 0.15) is 0 Å². The number of nitro groups is 1. The SMILES string of the molecule is COc1cccc(/C=N/NC(=O)COc2ccccc2[N+](=O)[O-])c1O[C@@H](C)C(=O)O. The number of carboxylic acid groups (broad SMARTS) is 1. The predicted molar refractivity (Wildman–Crippen MR) is 105 cm³/mol. The van der Waals surface area contributed by atoms with E-state index in [-0.39, 0.29) is 22.9 Å². The van der Waals surface area contributed by atoms with Gasteiger partial charge in [0.25, 0.3) is 5.91 Å². The molecule has 1 atom stereocenters. The Labute approximate surface area is 171 Å². The fourth-order valence-corrected chi connectivity index (χ4v) is 2.23. The number of carbonyl (C=O) groups excluding carboxylic acids is 1. The van der Waals surface area contributed by atoms with E-state index in [1.807, 2.05) is 0 Å². The van der Waals surface area contributed by atoms with Gasteiger partial charge in [0, 0.05) is 11.6 Å². The summed E-state index contributed by atoms with van der Waals surface area (Å²) in [6, 6.07) is 10.5. The van der Waals surface area contributed by atoms with Gasteiger partial charge >= 0.3 is 11.7 Å². The summed E-state index contributed by atoms with van der Waals surface area (Å²) in [6.07, 6.45) is 0.105. The number of ether oxygens (including phenoxy) is 3. The second-order valence-corrected chi connectivity index (χ2v) is 5.78. The molecule has 2 aromatic carbocycles. The highest BCUT2D eigenvalue weighted by Crippen LogP contribution is 2.31. The van der Waals surface area contributed by atoms with Crippen molar-refractivity contribution >= 4 is 23.8 Å². The van der Waals surface area contributed by atoms with E-state index in [4.69, 9.17) is 19.3 Å². The topological polar surface area (TPSA) is 150 Å². The van der Waals surface area contributed by atoms with E-state index in [1.54, 1.807) is 24.3 Å². The van der Waals surface area contributed by atoms with Gasteiger partial charge in [-0.1, -0.05) is 18.2 Å². The molecule has 0 saturated carbocycles. The second-order valence-electron chi connectivity index (χ2n) is 5.78. The average Bonchev–Trinajstić information content (AvgIpc) is 2.73. The molecular weight excluding hydrogens is 398 g/mol. The number of hydrogen-bond donors (Lipinski definition) is 2. The quantitative estimate of drug-likeness (QED) is 0.338. The molecule has 0 spiro atoms. The van der Waals surface area contributed by atoms with Gasteiger partial charge in [-0.3, -0.25) is 14.9 Å². The third-order valence-corrected chi connectivity index (χ3v) is 3.69. The second kappa shape index (κ2) is 10.4. The van der Waals surface area contributed by atoms with Crippen molar-refractivity contribution in [3.63, 3.8) is 0 Å². The third-order valence-electron chi connectivity index (χ3n) is 3.69. The van der Waals surface area contributed by atoms with Crippen molar-refractivity contribution in [2.45, 2.75) is 13.0 Å². The number of hydrogen-bond acceptors (Lipinski definition) is 8. The summed E-state index contributed by atoms with van der Waals surface area (Å²) in [4.78, 5) is 33.3. The maximum absolute atomic E-state index is 11.9. The zero-order valence-electron chi connectivity index (χ0n) is 16.1. The third kappa shape index (κ3) is 5.92. The van der Waals surface area contributed by atoms with Crippen molar-refractivity contribution in [2.75, 3.05) is 13.7 Å². The molecule has 0 aliphatic carbocycles. The lowest BCUT2D eigenvalue weighted by molar-refractivity contribution is -0.385. The molecule has 0 fully saturated rings. The number of carbonyl (C=O) groups is 2. The van der Waals surface area contributed by atoms with E-state index < -0.39 is 29.5 Å². The van der Waals surface area contributed by atoms with Gasteiger partial charge in [-0.05, 0) is 25.1 Å². The number of methoxy groups -OCH3 is 1. The Morgan fingerprint density at radius 1 is 1.23 bits per heavy atom. The number of hydrazone groups is 1. The van der Waals surface area contributed by atoms with Crippen LogP contribution in [0.25, 0.3) is 0 Å². The van der Waals surface area contributed by atoms with Gasteiger partial charge in [0.05, 0.1) is 18.2 Å². The fraction of sp³-hybridized carbons (Fsp3) is 0.211. The first-order valence-corrected chi connectivity index (χ1v) is 8.58. The molecule has 11 heteroatoms. The monoisotopic (exact) mass is 417 g/mol. The molecular formula is C19H19N3O8. The maximum Gasteiger partial charge on any atom is 0.344 e. The summed E-state index contributed by atoms with van der Waals surface area (Å²) in [7, 11) is 1.40. The summed E-state index contributed by atoms with van der Waals surface area (Å²) in [5.41, 5.74) is 2.31. The van der Waals surface area contributed by atoms with Crippen LogP contribution in [-0.4, -0.2) is 47.9 Å². The van der Waals surface area contributed by atoms with Gasteiger partial charge in [-0.2, -0.15) is 5.10 Å². The summed E-state index contributed by atoms with van der Waals surface area (Å²) in [5.74, 6) is -1.44. The van der Waals surface area contributed by atoms with Gasteiger partial charge in [-0.25, -0.2) is 10.2 Å². The van der Waals surface area contributed by atoms with Crippen LogP contribution in [0.4, 0.5) is 5.69 Å². The first kappa shape index (κ1) is 22.1. The highest BCUT2D eigenvalue weighted by Gasteiger charge is 2.18. The Balaban J connectivity index is 2.04. The molecule has 0 saturated heterocycles. The Kier molecular flexibility index (Phi) is 7.68. The Morgan fingerprint density at radius 3 is 2.60 bits per heavy atom. The number of nitrogens with zero attached hydrogens (tertiary/aromatic N) is 2. The zero-order chi connectivity index (χ0) is 22.1.